The third kappa shape index (κ3) is 4.93. The number of imide groups is 1. The van der Waals surface area contributed by atoms with E-state index in [0.717, 1.165) is 10.5 Å². The number of carbonyl (C=O) groups is 2. The van der Waals surface area contributed by atoms with Crippen LogP contribution >= 0.6 is 11.8 Å². The molecular formula is C17H18N2O2S. The first-order valence-electron chi connectivity index (χ1n) is 6.95. The Hall–Kier alpha value is -2.27. The van der Waals surface area contributed by atoms with E-state index in [1.807, 2.05) is 49.4 Å². The van der Waals surface area contributed by atoms with Crippen molar-refractivity contribution >= 4 is 29.4 Å². The Morgan fingerprint density at radius 1 is 1.05 bits per heavy atom. The van der Waals surface area contributed by atoms with Crippen molar-refractivity contribution < 1.29 is 9.59 Å². The van der Waals surface area contributed by atoms with E-state index in [1.165, 1.54) is 11.8 Å². The van der Waals surface area contributed by atoms with Crippen LogP contribution in [0.2, 0.25) is 0 Å². The van der Waals surface area contributed by atoms with E-state index in [4.69, 9.17) is 0 Å². The molecule has 0 spiro atoms. The minimum absolute atomic E-state index is 0.320. The highest BCUT2D eigenvalue weighted by molar-refractivity contribution is 8.00. The second-order valence-electron chi connectivity index (χ2n) is 4.89. The number of aryl methyl sites for hydroxylation is 1. The third-order valence-corrected chi connectivity index (χ3v) is 4.03. The minimum atomic E-state index is -0.520. The zero-order valence-corrected chi connectivity index (χ0v) is 13.3. The summed E-state index contributed by atoms with van der Waals surface area (Å²) in [4.78, 5) is 24.8. The van der Waals surface area contributed by atoms with Gasteiger partial charge in [-0.1, -0.05) is 35.9 Å². The van der Waals surface area contributed by atoms with Gasteiger partial charge in [-0.05, 0) is 38.1 Å². The van der Waals surface area contributed by atoms with Crippen LogP contribution in [0.5, 0.6) is 0 Å². The monoisotopic (exact) mass is 314 g/mol. The molecule has 1 unspecified atom stereocenters. The summed E-state index contributed by atoms with van der Waals surface area (Å²) in [6.07, 6.45) is 0. The Morgan fingerprint density at radius 2 is 1.77 bits per heavy atom. The molecule has 114 valence electrons. The van der Waals surface area contributed by atoms with E-state index in [2.05, 4.69) is 10.6 Å². The van der Waals surface area contributed by atoms with Crippen molar-refractivity contribution in [2.45, 2.75) is 24.0 Å². The fraction of sp³-hybridized carbons (Fsp3) is 0.176. The van der Waals surface area contributed by atoms with E-state index >= 15 is 0 Å². The molecule has 0 bridgehead atoms. The molecule has 0 aliphatic carbocycles. The molecule has 3 amide bonds. The molecule has 0 saturated heterocycles. The number of carbonyl (C=O) groups excluding carboxylic acids is 2. The highest BCUT2D eigenvalue weighted by Gasteiger charge is 2.17. The predicted molar refractivity (Wildman–Crippen MR) is 90.1 cm³/mol. The van der Waals surface area contributed by atoms with Crippen LogP contribution < -0.4 is 10.6 Å². The molecule has 2 aromatic rings. The molecule has 2 aromatic carbocycles. The Balaban J connectivity index is 1.87. The lowest BCUT2D eigenvalue weighted by Gasteiger charge is -2.12. The fourth-order valence-corrected chi connectivity index (χ4v) is 2.83. The molecule has 22 heavy (non-hydrogen) atoms. The van der Waals surface area contributed by atoms with Gasteiger partial charge >= 0.3 is 6.03 Å². The summed E-state index contributed by atoms with van der Waals surface area (Å²) < 4.78 is 0. The second kappa shape index (κ2) is 7.66. The van der Waals surface area contributed by atoms with Crippen molar-refractivity contribution in [3.8, 4) is 0 Å². The maximum Gasteiger partial charge on any atom is 0.325 e. The molecule has 2 rings (SSSR count). The van der Waals surface area contributed by atoms with Crippen molar-refractivity contribution in [3.05, 3.63) is 60.2 Å². The van der Waals surface area contributed by atoms with Crippen molar-refractivity contribution in [1.82, 2.24) is 5.32 Å². The van der Waals surface area contributed by atoms with Crippen LogP contribution in [0, 0.1) is 6.92 Å². The molecule has 1 atom stereocenters. The number of benzene rings is 2. The summed E-state index contributed by atoms with van der Waals surface area (Å²) in [6.45, 7) is 3.78. The largest absolute Gasteiger partial charge is 0.325 e. The van der Waals surface area contributed by atoms with Gasteiger partial charge in [-0.25, -0.2) is 4.79 Å². The molecule has 0 aliphatic heterocycles. The maximum atomic E-state index is 12.0. The highest BCUT2D eigenvalue weighted by atomic mass is 32.2. The Kier molecular flexibility index (Phi) is 5.61. The number of rotatable bonds is 4. The Labute approximate surface area is 134 Å². The number of hydrogen-bond acceptors (Lipinski definition) is 3. The first-order valence-corrected chi connectivity index (χ1v) is 7.83. The van der Waals surface area contributed by atoms with Crippen LogP contribution in [0.3, 0.4) is 0 Å². The summed E-state index contributed by atoms with van der Waals surface area (Å²) >= 11 is 1.42. The molecule has 0 saturated carbocycles. The quantitative estimate of drug-likeness (QED) is 0.843. The van der Waals surface area contributed by atoms with Gasteiger partial charge in [0, 0.05) is 10.6 Å². The average molecular weight is 314 g/mol. The SMILES string of the molecule is Cc1cccc(SC(C)C(=O)NC(=O)Nc2ccccc2)c1. The molecular weight excluding hydrogens is 296 g/mol. The molecule has 0 aromatic heterocycles. The fourth-order valence-electron chi connectivity index (χ4n) is 1.84. The van der Waals surface area contributed by atoms with Crippen LogP contribution in [0.1, 0.15) is 12.5 Å². The van der Waals surface area contributed by atoms with Crippen LogP contribution in [0.25, 0.3) is 0 Å². The van der Waals surface area contributed by atoms with Crippen LogP contribution in [-0.4, -0.2) is 17.2 Å². The zero-order chi connectivity index (χ0) is 15.9. The summed E-state index contributed by atoms with van der Waals surface area (Å²) in [5, 5.41) is 4.62. The lowest BCUT2D eigenvalue weighted by molar-refractivity contribution is -0.119. The number of thioether (sulfide) groups is 1. The van der Waals surface area contributed by atoms with Crippen molar-refractivity contribution in [2.75, 3.05) is 5.32 Å². The summed E-state index contributed by atoms with van der Waals surface area (Å²) in [5.41, 5.74) is 1.78. The molecule has 0 heterocycles. The van der Waals surface area contributed by atoms with E-state index in [0.29, 0.717) is 5.69 Å². The summed E-state index contributed by atoms with van der Waals surface area (Å²) in [7, 11) is 0. The molecule has 4 nitrogen and oxygen atoms in total. The van der Waals surface area contributed by atoms with Gasteiger partial charge < -0.3 is 5.32 Å². The predicted octanol–water partition coefficient (Wildman–Crippen LogP) is 3.82. The minimum Gasteiger partial charge on any atom is -0.308 e. The van der Waals surface area contributed by atoms with E-state index in [9.17, 15) is 9.59 Å². The van der Waals surface area contributed by atoms with Crippen molar-refractivity contribution in [1.29, 1.82) is 0 Å². The van der Waals surface area contributed by atoms with Crippen LogP contribution in [0.4, 0.5) is 10.5 Å². The van der Waals surface area contributed by atoms with Gasteiger partial charge in [0.25, 0.3) is 0 Å². The second-order valence-corrected chi connectivity index (χ2v) is 6.30. The number of anilines is 1. The van der Waals surface area contributed by atoms with Crippen LogP contribution in [-0.2, 0) is 4.79 Å². The standard InChI is InChI=1S/C17H18N2O2S/c1-12-7-6-10-15(11-12)22-13(2)16(20)19-17(21)18-14-8-4-3-5-9-14/h3-11,13H,1-2H3,(H2,18,19,20,21). The first kappa shape index (κ1) is 16.1. The van der Waals surface area contributed by atoms with E-state index < -0.39 is 6.03 Å². The number of urea groups is 1. The lowest BCUT2D eigenvalue weighted by Crippen LogP contribution is -2.38. The van der Waals surface area contributed by atoms with E-state index in [1.54, 1.807) is 19.1 Å². The highest BCUT2D eigenvalue weighted by Crippen LogP contribution is 2.23. The van der Waals surface area contributed by atoms with Gasteiger partial charge in [-0.2, -0.15) is 0 Å². The molecule has 5 heteroatoms. The number of para-hydroxylation sites is 1. The normalized spacial score (nSPS) is 11.5. The summed E-state index contributed by atoms with van der Waals surface area (Å²) in [6, 6.07) is 16.4. The van der Waals surface area contributed by atoms with Crippen LogP contribution in [0.15, 0.2) is 59.5 Å². The number of amides is 3. The first-order chi connectivity index (χ1) is 10.5. The van der Waals surface area contributed by atoms with Gasteiger partial charge in [-0.3, -0.25) is 10.1 Å². The third-order valence-electron chi connectivity index (χ3n) is 2.94. The summed E-state index contributed by atoms with van der Waals surface area (Å²) in [5.74, 6) is -0.320. The molecule has 0 aliphatic rings. The number of hydrogen-bond donors (Lipinski definition) is 2. The smallest absolute Gasteiger partial charge is 0.308 e. The molecule has 0 fully saturated rings. The average Bonchev–Trinajstić information content (AvgIpc) is 2.48. The van der Waals surface area contributed by atoms with Gasteiger partial charge in [-0.15, -0.1) is 11.8 Å². The Bertz CT molecular complexity index is 659. The van der Waals surface area contributed by atoms with E-state index in [-0.39, 0.29) is 11.2 Å². The van der Waals surface area contributed by atoms with Gasteiger partial charge in [0.2, 0.25) is 5.91 Å². The molecule has 2 N–H and O–H groups in total. The maximum absolute atomic E-state index is 12.0. The lowest BCUT2D eigenvalue weighted by atomic mass is 10.2. The topological polar surface area (TPSA) is 58.2 Å². The van der Waals surface area contributed by atoms with Crippen molar-refractivity contribution in [2.24, 2.45) is 0 Å². The van der Waals surface area contributed by atoms with Gasteiger partial charge in [0.15, 0.2) is 0 Å². The Morgan fingerprint density at radius 3 is 2.45 bits per heavy atom. The molecule has 0 radical (unpaired) electrons. The van der Waals surface area contributed by atoms with Gasteiger partial charge in [0.05, 0.1) is 5.25 Å². The van der Waals surface area contributed by atoms with Gasteiger partial charge in [0.1, 0.15) is 0 Å². The zero-order valence-electron chi connectivity index (χ0n) is 12.5. The van der Waals surface area contributed by atoms with Crippen molar-refractivity contribution in [3.63, 3.8) is 0 Å². The number of nitrogens with one attached hydrogen (secondary N) is 2.